The molecule has 8 heteroatoms. The first kappa shape index (κ1) is 22.5. The molecular weight excluding hydrogens is 428 g/mol. The fraction of sp³-hybridized carbons (Fsp3) is 0.462. The summed E-state index contributed by atoms with van der Waals surface area (Å²) in [5.41, 5.74) is 5.08. The molecule has 0 radical (unpaired) electrons. The van der Waals surface area contributed by atoms with Crippen molar-refractivity contribution >= 4 is 17.4 Å². The number of benzene rings is 1. The zero-order chi connectivity index (χ0) is 23.8. The Hall–Kier alpha value is -3.26. The maximum atomic E-state index is 12.9. The number of hydrogen-bond acceptors (Lipinski definition) is 6. The molecule has 2 aromatic heterocycles. The number of nitrogens with one attached hydrogen (secondary N) is 1. The van der Waals surface area contributed by atoms with E-state index in [9.17, 15) is 4.79 Å². The first-order valence-corrected chi connectivity index (χ1v) is 12.0. The quantitative estimate of drug-likeness (QED) is 0.568. The summed E-state index contributed by atoms with van der Waals surface area (Å²) in [6, 6.07) is 6.56. The van der Waals surface area contributed by atoms with Crippen molar-refractivity contribution in [1.29, 1.82) is 0 Å². The third kappa shape index (κ3) is 4.30. The Balaban J connectivity index is 1.56. The summed E-state index contributed by atoms with van der Waals surface area (Å²) >= 11 is 0. The maximum Gasteiger partial charge on any atom is 0.224 e. The van der Waals surface area contributed by atoms with Gasteiger partial charge in [-0.1, -0.05) is 13.0 Å². The van der Waals surface area contributed by atoms with Crippen LogP contribution in [0.5, 0.6) is 0 Å². The second kappa shape index (κ2) is 9.18. The summed E-state index contributed by atoms with van der Waals surface area (Å²) in [6.07, 6.45) is 9.83. The van der Waals surface area contributed by atoms with Gasteiger partial charge in [0.1, 0.15) is 5.82 Å². The molecule has 178 valence electrons. The molecule has 34 heavy (non-hydrogen) atoms. The van der Waals surface area contributed by atoms with Gasteiger partial charge in [-0.2, -0.15) is 5.10 Å². The topological polar surface area (TPSA) is 85.2 Å². The van der Waals surface area contributed by atoms with E-state index in [1.165, 1.54) is 12.8 Å². The smallest absolute Gasteiger partial charge is 0.224 e. The van der Waals surface area contributed by atoms with Crippen LogP contribution in [0.25, 0.3) is 11.1 Å². The van der Waals surface area contributed by atoms with Crippen molar-refractivity contribution in [3.63, 3.8) is 0 Å². The number of fused-ring (bicyclic) bond motifs is 1. The molecule has 1 fully saturated rings. The van der Waals surface area contributed by atoms with Crippen molar-refractivity contribution in [3.05, 3.63) is 54.2 Å². The highest BCUT2D eigenvalue weighted by Crippen LogP contribution is 2.50. The first-order valence-electron chi connectivity index (χ1n) is 12.0. The lowest BCUT2D eigenvalue weighted by Crippen LogP contribution is -2.51. The highest BCUT2D eigenvalue weighted by Gasteiger charge is 2.47. The van der Waals surface area contributed by atoms with Crippen molar-refractivity contribution in [2.45, 2.75) is 52.2 Å². The Morgan fingerprint density at radius 3 is 2.68 bits per heavy atom. The first-order chi connectivity index (χ1) is 16.5. The van der Waals surface area contributed by atoms with Crippen LogP contribution < -0.4 is 10.2 Å². The van der Waals surface area contributed by atoms with Gasteiger partial charge in [-0.05, 0) is 48.9 Å². The molecule has 1 amide bonds. The molecule has 8 nitrogen and oxygen atoms in total. The van der Waals surface area contributed by atoms with Crippen LogP contribution in [0.4, 0.5) is 11.5 Å². The SMILES string of the molecule is COCCn1cc(-c2ccc3c(c2)[C@@H](Nc2cnc(C)cn2)C(C)[C@H](C2CC2)N3C(C)=O)cn1. The van der Waals surface area contributed by atoms with Gasteiger partial charge in [-0.3, -0.25) is 14.5 Å². The molecule has 1 unspecified atom stereocenters. The molecule has 0 spiro atoms. The van der Waals surface area contributed by atoms with Crippen LogP contribution in [0, 0.1) is 18.8 Å². The third-order valence-corrected chi connectivity index (χ3v) is 7.00. The largest absolute Gasteiger partial charge is 0.383 e. The average Bonchev–Trinajstić information content (AvgIpc) is 3.56. The molecule has 1 aliphatic heterocycles. The minimum absolute atomic E-state index is 0.0108. The lowest BCUT2D eigenvalue weighted by Gasteiger charge is -2.46. The van der Waals surface area contributed by atoms with Crippen LogP contribution in [0.3, 0.4) is 0 Å². The van der Waals surface area contributed by atoms with Crippen molar-refractivity contribution in [2.24, 2.45) is 11.8 Å². The zero-order valence-electron chi connectivity index (χ0n) is 20.2. The van der Waals surface area contributed by atoms with E-state index in [0.29, 0.717) is 19.1 Å². The number of aromatic nitrogens is 4. The van der Waals surface area contributed by atoms with Gasteiger partial charge in [-0.15, -0.1) is 0 Å². The standard InChI is InChI=1S/C26H32N6O2/c1-16-12-28-24(14-27-16)30-25-17(2)26(19-5-6-19)32(18(3)33)23-8-7-20(11-22(23)25)21-13-29-31(15-21)9-10-34-4/h7-8,11-15,17,19,25-26H,5-6,9-10H2,1-4H3,(H,28,30)/t17?,25-,26+/m0/s1. The zero-order valence-corrected chi connectivity index (χ0v) is 20.2. The molecule has 1 aliphatic carbocycles. The Bertz CT molecular complexity index is 1170. The molecule has 1 aromatic carbocycles. The summed E-state index contributed by atoms with van der Waals surface area (Å²) in [6.45, 7) is 7.18. The molecule has 0 bridgehead atoms. The van der Waals surface area contributed by atoms with E-state index in [2.05, 4.69) is 45.5 Å². The molecule has 1 saturated carbocycles. The van der Waals surface area contributed by atoms with Gasteiger partial charge < -0.3 is 15.0 Å². The number of rotatable bonds is 7. The van der Waals surface area contributed by atoms with Gasteiger partial charge in [0.15, 0.2) is 0 Å². The van der Waals surface area contributed by atoms with Gasteiger partial charge in [0, 0.05) is 43.4 Å². The van der Waals surface area contributed by atoms with Crippen molar-refractivity contribution in [3.8, 4) is 11.1 Å². The van der Waals surface area contributed by atoms with Crippen LogP contribution in [-0.4, -0.2) is 45.4 Å². The number of amides is 1. The Labute approximate surface area is 200 Å². The lowest BCUT2D eigenvalue weighted by molar-refractivity contribution is -0.117. The van der Waals surface area contributed by atoms with Gasteiger partial charge in [-0.25, -0.2) is 4.98 Å². The second-order valence-corrected chi connectivity index (χ2v) is 9.50. The van der Waals surface area contributed by atoms with Crippen molar-refractivity contribution in [1.82, 2.24) is 19.7 Å². The fourth-order valence-corrected chi connectivity index (χ4v) is 5.19. The molecule has 3 aromatic rings. The van der Waals surface area contributed by atoms with Gasteiger partial charge in [0.25, 0.3) is 0 Å². The van der Waals surface area contributed by atoms with Gasteiger partial charge >= 0.3 is 0 Å². The van der Waals surface area contributed by atoms with Crippen LogP contribution in [0.2, 0.25) is 0 Å². The van der Waals surface area contributed by atoms with E-state index >= 15 is 0 Å². The normalized spacial score (nSPS) is 21.9. The summed E-state index contributed by atoms with van der Waals surface area (Å²) in [4.78, 5) is 23.9. The van der Waals surface area contributed by atoms with E-state index in [-0.39, 0.29) is 23.9 Å². The van der Waals surface area contributed by atoms with Gasteiger partial charge in [0.2, 0.25) is 5.91 Å². The molecule has 3 atom stereocenters. The minimum atomic E-state index is 0.0108. The number of anilines is 2. The lowest BCUT2D eigenvalue weighted by atomic mass is 9.79. The van der Waals surface area contributed by atoms with Crippen LogP contribution in [-0.2, 0) is 16.1 Å². The van der Waals surface area contributed by atoms with Crippen molar-refractivity contribution < 1.29 is 9.53 Å². The molecule has 1 N–H and O–H groups in total. The number of ether oxygens (including phenoxy) is 1. The number of hydrogen-bond donors (Lipinski definition) is 1. The monoisotopic (exact) mass is 460 g/mol. The number of carbonyl (C=O) groups is 1. The van der Waals surface area contributed by atoms with Crippen LogP contribution >= 0.6 is 0 Å². The number of aryl methyl sites for hydroxylation is 1. The predicted molar refractivity (Wildman–Crippen MR) is 132 cm³/mol. The Morgan fingerprint density at radius 2 is 2.00 bits per heavy atom. The Kier molecular flexibility index (Phi) is 6.08. The van der Waals surface area contributed by atoms with Crippen molar-refractivity contribution in [2.75, 3.05) is 23.9 Å². The number of methoxy groups -OCH3 is 1. The van der Waals surface area contributed by atoms with Crippen LogP contribution in [0.1, 0.15) is 44.0 Å². The highest BCUT2D eigenvalue weighted by molar-refractivity contribution is 5.94. The summed E-state index contributed by atoms with van der Waals surface area (Å²) in [7, 11) is 1.69. The summed E-state index contributed by atoms with van der Waals surface area (Å²) < 4.78 is 7.07. The summed E-state index contributed by atoms with van der Waals surface area (Å²) in [5.74, 6) is 1.60. The molecule has 2 aliphatic rings. The number of carbonyl (C=O) groups excluding carboxylic acids is 1. The summed E-state index contributed by atoms with van der Waals surface area (Å²) in [5, 5.41) is 8.13. The second-order valence-electron chi connectivity index (χ2n) is 9.50. The van der Waals surface area contributed by atoms with E-state index < -0.39 is 0 Å². The minimum Gasteiger partial charge on any atom is -0.383 e. The Morgan fingerprint density at radius 1 is 1.18 bits per heavy atom. The fourth-order valence-electron chi connectivity index (χ4n) is 5.19. The predicted octanol–water partition coefficient (Wildman–Crippen LogP) is 4.23. The van der Waals surface area contributed by atoms with E-state index in [0.717, 1.165) is 33.9 Å². The third-order valence-electron chi connectivity index (χ3n) is 7.00. The maximum absolute atomic E-state index is 12.9. The number of nitrogens with zero attached hydrogens (tertiary/aromatic N) is 5. The van der Waals surface area contributed by atoms with E-state index in [4.69, 9.17) is 4.74 Å². The molecular formula is C26H32N6O2. The molecule has 5 rings (SSSR count). The average molecular weight is 461 g/mol. The van der Waals surface area contributed by atoms with Crippen LogP contribution in [0.15, 0.2) is 43.0 Å². The van der Waals surface area contributed by atoms with E-state index in [1.807, 2.05) is 28.9 Å². The van der Waals surface area contributed by atoms with E-state index in [1.54, 1.807) is 26.4 Å². The highest BCUT2D eigenvalue weighted by atomic mass is 16.5. The van der Waals surface area contributed by atoms with Gasteiger partial charge in [0.05, 0.1) is 43.5 Å². The molecule has 0 saturated heterocycles. The molecule has 3 heterocycles.